The summed E-state index contributed by atoms with van der Waals surface area (Å²) in [6.45, 7) is 4.59. The summed E-state index contributed by atoms with van der Waals surface area (Å²) in [5.41, 5.74) is 0. The van der Waals surface area contributed by atoms with Crippen LogP contribution in [0, 0.1) is 23.7 Å². The maximum atomic E-state index is 3.81. The van der Waals surface area contributed by atoms with Crippen molar-refractivity contribution in [2.75, 3.05) is 0 Å². The molecular weight excluding hydrogens is 170 g/mol. The number of fused-ring (bicyclic) bond motifs is 2. The summed E-state index contributed by atoms with van der Waals surface area (Å²) in [5.74, 6) is 4.33. The van der Waals surface area contributed by atoms with E-state index in [4.69, 9.17) is 0 Å². The van der Waals surface area contributed by atoms with E-state index in [1.54, 1.807) is 25.7 Å². The molecule has 3 rings (SSSR count). The normalized spacial score (nSPS) is 50.4. The average molecular weight is 193 g/mol. The summed E-state index contributed by atoms with van der Waals surface area (Å²) >= 11 is 0. The van der Waals surface area contributed by atoms with E-state index in [9.17, 15) is 0 Å². The van der Waals surface area contributed by atoms with Gasteiger partial charge < -0.3 is 5.32 Å². The third-order valence-corrected chi connectivity index (χ3v) is 4.80. The number of hydrogen-bond acceptors (Lipinski definition) is 1. The molecule has 0 aromatic heterocycles. The largest absolute Gasteiger partial charge is 0.311 e. The predicted molar refractivity (Wildman–Crippen MR) is 59.1 cm³/mol. The van der Waals surface area contributed by atoms with E-state index >= 15 is 0 Å². The molecule has 3 saturated carbocycles. The molecule has 80 valence electrons. The highest BCUT2D eigenvalue weighted by atomic mass is 15.0. The lowest BCUT2D eigenvalue weighted by Gasteiger charge is -2.40. The van der Waals surface area contributed by atoms with Gasteiger partial charge in [0.05, 0.1) is 0 Å². The maximum absolute atomic E-state index is 3.81. The molecular formula is C13H23N. The average Bonchev–Trinajstić information content (AvgIpc) is 2.32. The van der Waals surface area contributed by atoms with E-state index in [-0.39, 0.29) is 0 Å². The lowest BCUT2D eigenvalue weighted by Crippen LogP contribution is -2.45. The van der Waals surface area contributed by atoms with Gasteiger partial charge in [0.15, 0.2) is 0 Å². The molecule has 5 unspecified atom stereocenters. The van der Waals surface area contributed by atoms with E-state index in [1.165, 1.54) is 6.42 Å². The Morgan fingerprint density at radius 3 is 2.36 bits per heavy atom. The van der Waals surface area contributed by atoms with E-state index in [0.717, 1.165) is 29.7 Å². The number of hydrogen-bond donors (Lipinski definition) is 1. The van der Waals surface area contributed by atoms with Crippen molar-refractivity contribution >= 4 is 0 Å². The Bertz CT molecular complexity index is 221. The Kier molecular flexibility index (Phi) is 2.12. The van der Waals surface area contributed by atoms with Crippen LogP contribution in [-0.2, 0) is 0 Å². The molecule has 0 heterocycles. The zero-order valence-corrected chi connectivity index (χ0v) is 9.50. The monoisotopic (exact) mass is 193 g/mol. The van der Waals surface area contributed by atoms with Gasteiger partial charge in [-0.05, 0) is 55.8 Å². The Hall–Kier alpha value is -0.0400. The van der Waals surface area contributed by atoms with Crippen LogP contribution in [0.2, 0.25) is 0 Å². The van der Waals surface area contributed by atoms with Crippen molar-refractivity contribution in [3.63, 3.8) is 0 Å². The van der Waals surface area contributed by atoms with Gasteiger partial charge >= 0.3 is 0 Å². The second kappa shape index (κ2) is 3.23. The van der Waals surface area contributed by atoms with E-state index in [1.807, 2.05) is 0 Å². The van der Waals surface area contributed by atoms with Crippen molar-refractivity contribution in [1.82, 2.24) is 5.32 Å². The first-order valence-corrected chi connectivity index (χ1v) is 6.48. The van der Waals surface area contributed by atoms with Crippen molar-refractivity contribution < 1.29 is 0 Å². The fraction of sp³-hybridized carbons (Fsp3) is 1.00. The van der Waals surface area contributed by atoms with Crippen LogP contribution in [0.1, 0.15) is 46.0 Å². The Morgan fingerprint density at radius 1 is 0.929 bits per heavy atom. The van der Waals surface area contributed by atoms with Gasteiger partial charge in [-0.25, -0.2) is 0 Å². The van der Waals surface area contributed by atoms with Gasteiger partial charge in [-0.3, -0.25) is 0 Å². The third kappa shape index (κ3) is 1.41. The van der Waals surface area contributed by atoms with Crippen LogP contribution >= 0.6 is 0 Å². The molecule has 0 saturated heterocycles. The summed E-state index contributed by atoms with van der Waals surface area (Å²) in [7, 11) is 0. The quantitative estimate of drug-likeness (QED) is 0.711. The Balaban J connectivity index is 1.76. The zero-order chi connectivity index (χ0) is 9.71. The minimum absolute atomic E-state index is 0.677. The minimum atomic E-state index is 0.677. The summed E-state index contributed by atoms with van der Waals surface area (Å²) in [4.78, 5) is 0. The third-order valence-electron chi connectivity index (χ3n) is 4.80. The molecule has 1 heteroatoms. The fourth-order valence-corrected chi connectivity index (χ4v) is 4.57. The van der Waals surface area contributed by atoms with Crippen LogP contribution in [0.3, 0.4) is 0 Å². The van der Waals surface area contributed by atoms with Crippen LogP contribution < -0.4 is 5.32 Å². The number of rotatable bonds is 2. The van der Waals surface area contributed by atoms with Crippen molar-refractivity contribution in [3.05, 3.63) is 0 Å². The smallest absolute Gasteiger partial charge is 0.0103 e. The van der Waals surface area contributed by atoms with Gasteiger partial charge in [0.25, 0.3) is 0 Å². The van der Waals surface area contributed by atoms with Crippen LogP contribution in [-0.4, -0.2) is 12.1 Å². The molecule has 3 fully saturated rings. The Morgan fingerprint density at radius 2 is 1.64 bits per heavy atom. The summed E-state index contributed by atoms with van der Waals surface area (Å²) in [5, 5.41) is 3.81. The zero-order valence-electron chi connectivity index (χ0n) is 9.50. The van der Waals surface area contributed by atoms with Crippen molar-refractivity contribution in [3.8, 4) is 0 Å². The molecule has 0 radical (unpaired) electrons. The highest BCUT2D eigenvalue weighted by Gasteiger charge is 2.48. The highest BCUT2D eigenvalue weighted by Crippen LogP contribution is 2.55. The highest BCUT2D eigenvalue weighted by molar-refractivity contribution is 5.01. The molecule has 0 aromatic rings. The molecule has 0 aromatic carbocycles. The van der Waals surface area contributed by atoms with Gasteiger partial charge in [-0.2, -0.15) is 0 Å². The summed E-state index contributed by atoms with van der Waals surface area (Å²) in [6.07, 6.45) is 7.72. The second-order valence-electron chi connectivity index (χ2n) is 6.26. The molecule has 0 amide bonds. The first kappa shape index (κ1) is 9.21. The van der Waals surface area contributed by atoms with Gasteiger partial charge in [-0.15, -0.1) is 0 Å². The van der Waals surface area contributed by atoms with Crippen LogP contribution in [0.5, 0.6) is 0 Å². The van der Waals surface area contributed by atoms with Crippen LogP contribution in [0.15, 0.2) is 0 Å². The molecule has 3 bridgehead atoms. The molecule has 14 heavy (non-hydrogen) atoms. The van der Waals surface area contributed by atoms with Crippen LogP contribution in [0.4, 0.5) is 0 Å². The first-order valence-electron chi connectivity index (χ1n) is 6.48. The molecule has 3 aliphatic rings. The predicted octanol–water partition coefficient (Wildman–Crippen LogP) is 2.81. The lowest BCUT2D eigenvalue weighted by atomic mass is 9.70. The fourth-order valence-electron chi connectivity index (χ4n) is 4.57. The molecule has 0 aliphatic heterocycles. The Labute approximate surface area is 87.7 Å². The van der Waals surface area contributed by atoms with Gasteiger partial charge in [0, 0.05) is 12.1 Å². The van der Waals surface area contributed by atoms with E-state index in [0.29, 0.717) is 6.04 Å². The van der Waals surface area contributed by atoms with Gasteiger partial charge in [0.1, 0.15) is 0 Å². The first-order chi connectivity index (χ1) is 6.72. The van der Waals surface area contributed by atoms with Crippen molar-refractivity contribution in [2.24, 2.45) is 23.7 Å². The van der Waals surface area contributed by atoms with E-state index < -0.39 is 0 Å². The van der Waals surface area contributed by atoms with Crippen molar-refractivity contribution in [1.29, 1.82) is 0 Å². The molecule has 0 spiro atoms. The molecule has 1 nitrogen and oxygen atoms in total. The topological polar surface area (TPSA) is 12.0 Å². The number of nitrogens with one attached hydrogen (secondary N) is 1. The van der Waals surface area contributed by atoms with Crippen LogP contribution in [0.25, 0.3) is 0 Å². The molecule has 1 N–H and O–H groups in total. The molecule has 3 aliphatic carbocycles. The van der Waals surface area contributed by atoms with E-state index in [2.05, 4.69) is 19.2 Å². The second-order valence-corrected chi connectivity index (χ2v) is 6.26. The lowest BCUT2D eigenvalue weighted by molar-refractivity contribution is 0.132. The summed E-state index contributed by atoms with van der Waals surface area (Å²) in [6, 6.07) is 1.54. The maximum Gasteiger partial charge on any atom is 0.0103 e. The van der Waals surface area contributed by atoms with Gasteiger partial charge in [0.2, 0.25) is 0 Å². The van der Waals surface area contributed by atoms with Crippen molar-refractivity contribution in [2.45, 2.75) is 58.0 Å². The van der Waals surface area contributed by atoms with Gasteiger partial charge in [-0.1, -0.05) is 13.8 Å². The standard InChI is InChI=1S/C13H23N/c1-8(2)14-13-7-10-3-9-4-11(5-10)12(13)6-9/h8-14H,3-7H2,1-2H3. The SMILES string of the molecule is CC(C)NC1CC2CC3CC(C2)C1C3. The molecule has 5 atom stereocenters. The summed E-state index contributed by atoms with van der Waals surface area (Å²) < 4.78 is 0. The minimum Gasteiger partial charge on any atom is -0.311 e.